The highest BCUT2D eigenvalue weighted by molar-refractivity contribution is 5.93. The van der Waals surface area contributed by atoms with Gasteiger partial charge in [-0.3, -0.25) is 9.89 Å². The van der Waals surface area contributed by atoms with E-state index in [-0.39, 0.29) is 0 Å². The molecule has 3 N–H and O–H groups in total. The first-order chi connectivity index (χ1) is 9.58. The minimum absolute atomic E-state index is 0.411. The fourth-order valence-electron chi connectivity index (χ4n) is 2.01. The van der Waals surface area contributed by atoms with E-state index < -0.39 is 0 Å². The van der Waals surface area contributed by atoms with Gasteiger partial charge >= 0.3 is 0 Å². The number of likely N-dealkylation sites (N-methyl/N-ethyl adjacent to an activating group) is 1. The number of nitrogens with two attached hydrogens (primary N) is 1. The Morgan fingerprint density at radius 2 is 2.10 bits per heavy atom. The Hall–Kier alpha value is -1.75. The van der Waals surface area contributed by atoms with E-state index in [9.17, 15) is 0 Å². The number of anilines is 1. The van der Waals surface area contributed by atoms with Gasteiger partial charge in [-0.1, -0.05) is 19.1 Å². The molecule has 0 aromatic heterocycles. The SMILES string of the molecule is CCN(CCN=C(N)Nc1ccccc1OC)C(C)C. The van der Waals surface area contributed by atoms with Crippen molar-refractivity contribution in [2.75, 3.05) is 32.1 Å². The van der Waals surface area contributed by atoms with Gasteiger partial charge in [0.1, 0.15) is 5.75 Å². The highest BCUT2D eigenvalue weighted by Crippen LogP contribution is 2.22. The molecule has 0 bridgehead atoms. The molecule has 1 aromatic carbocycles. The van der Waals surface area contributed by atoms with Crippen molar-refractivity contribution in [2.45, 2.75) is 26.8 Å². The lowest BCUT2D eigenvalue weighted by Gasteiger charge is -2.23. The summed E-state index contributed by atoms with van der Waals surface area (Å²) in [4.78, 5) is 6.70. The lowest BCUT2D eigenvalue weighted by atomic mass is 10.3. The minimum atomic E-state index is 0.411. The maximum atomic E-state index is 5.90. The lowest BCUT2D eigenvalue weighted by Crippen LogP contribution is -2.33. The van der Waals surface area contributed by atoms with Gasteiger partial charge < -0.3 is 15.8 Å². The normalized spacial score (nSPS) is 12.0. The average Bonchev–Trinajstić information content (AvgIpc) is 2.43. The second-order valence-corrected chi connectivity index (χ2v) is 4.81. The summed E-state index contributed by atoms with van der Waals surface area (Å²) in [5.41, 5.74) is 6.72. The summed E-state index contributed by atoms with van der Waals surface area (Å²) in [7, 11) is 1.63. The Morgan fingerprint density at radius 1 is 1.40 bits per heavy atom. The van der Waals surface area contributed by atoms with E-state index in [1.54, 1.807) is 7.11 Å². The Morgan fingerprint density at radius 3 is 2.70 bits per heavy atom. The first-order valence-electron chi connectivity index (χ1n) is 7.02. The number of para-hydroxylation sites is 2. The van der Waals surface area contributed by atoms with E-state index in [0.29, 0.717) is 18.5 Å². The molecule has 0 fully saturated rings. The van der Waals surface area contributed by atoms with Crippen molar-refractivity contribution >= 4 is 11.6 Å². The molecule has 0 heterocycles. The van der Waals surface area contributed by atoms with Crippen molar-refractivity contribution in [2.24, 2.45) is 10.7 Å². The largest absolute Gasteiger partial charge is 0.495 e. The molecule has 0 radical (unpaired) electrons. The number of hydrogen-bond acceptors (Lipinski definition) is 3. The Balaban J connectivity index is 2.53. The smallest absolute Gasteiger partial charge is 0.193 e. The number of aliphatic imine (C=N–C) groups is 1. The van der Waals surface area contributed by atoms with Crippen LogP contribution in [-0.4, -0.2) is 43.6 Å². The fraction of sp³-hybridized carbons (Fsp3) is 0.533. The van der Waals surface area contributed by atoms with E-state index in [1.165, 1.54) is 0 Å². The summed E-state index contributed by atoms with van der Waals surface area (Å²) in [6.07, 6.45) is 0. The molecule has 0 aliphatic carbocycles. The van der Waals surface area contributed by atoms with Crippen molar-refractivity contribution in [3.63, 3.8) is 0 Å². The first kappa shape index (κ1) is 16.3. The third-order valence-electron chi connectivity index (χ3n) is 3.18. The van der Waals surface area contributed by atoms with Gasteiger partial charge in [0.2, 0.25) is 0 Å². The molecule has 5 heteroatoms. The zero-order valence-corrected chi connectivity index (χ0v) is 12.9. The number of benzene rings is 1. The van der Waals surface area contributed by atoms with Crippen LogP contribution in [0.3, 0.4) is 0 Å². The van der Waals surface area contributed by atoms with Crippen LogP contribution in [-0.2, 0) is 0 Å². The van der Waals surface area contributed by atoms with Gasteiger partial charge in [-0.2, -0.15) is 0 Å². The Kier molecular flexibility index (Phi) is 6.87. The van der Waals surface area contributed by atoms with Gasteiger partial charge in [0.15, 0.2) is 5.96 Å². The van der Waals surface area contributed by atoms with E-state index >= 15 is 0 Å². The number of nitrogens with zero attached hydrogens (tertiary/aromatic N) is 2. The highest BCUT2D eigenvalue weighted by atomic mass is 16.5. The van der Waals surface area contributed by atoms with Crippen LogP contribution >= 0.6 is 0 Å². The van der Waals surface area contributed by atoms with Crippen molar-refractivity contribution in [3.05, 3.63) is 24.3 Å². The van der Waals surface area contributed by atoms with Gasteiger partial charge in [-0.15, -0.1) is 0 Å². The lowest BCUT2D eigenvalue weighted by molar-refractivity contribution is 0.241. The van der Waals surface area contributed by atoms with Gasteiger partial charge in [0.25, 0.3) is 0 Å². The van der Waals surface area contributed by atoms with E-state index in [2.05, 4.69) is 36.0 Å². The molecule has 0 aliphatic heterocycles. The van der Waals surface area contributed by atoms with Crippen LogP contribution in [0.2, 0.25) is 0 Å². The average molecular weight is 278 g/mol. The monoisotopic (exact) mass is 278 g/mol. The van der Waals surface area contributed by atoms with Crippen molar-refractivity contribution in [1.29, 1.82) is 0 Å². The van der Waals surface area contributed by atoms with Gasteiger partial charge in [-0.05, 0) is 32.5 Å². The van der Waals surface area contributed by atoms with E-state index in [1.807, 2.05) is 24.3 Å². The number of nitrogens with one attached hydrogen (secondary N) is 1. The number of rotatable bonds is 7. The second-order valence-electron chi connectivity index (χ2n) is 4.81. The Labute approximate surface area is 121 Å². The van der Waals surface area contributed by atoms with Crippen LogP contribution in [0.25, 0.3) is 0 Å². The molecule has 0 spiro atoms. The molecule has 0 unspecified atom stereocenters. The molecule has 20 heavy (non-hydrogen) atoms. The topological polar surface area (TPSA) is 62.9 Å². The summed E-state index contributed by atoms with van der Waals surface area (Å²) in [5, 5.41) is 3.07. The molecule has 0 atom stereocenters. The summed E-state index contributed by atoms with van der Waals surface area (Å²) >= 11 is 0. The number of hydrogen-bond donors (Lipinski definition) is 2. The molecule has 0 saturated heterocycles. The van der Waals surface area contributed by atoms with Crippen LogP contribution in [0.4, 0.5) is 5.69 Å². The van der Waals surface area contributed by atoms with Crippen LogP contribution in [0.15, 0.2) is 29.3 Å². The minimum Gasteiger partial charge on any atom is -0.495 e. The summed E-state index contributed by atoms with van der Waals surface area (Å²) in [5.74, 6) is 1.16. The Bertz CT molecular complexity index is 432. The molecule has 0 amide bonds. The number of methoxy groups -OCH3 is 1. The predicted octanol–water partition coefficient (Wildman–Crippen LogP) is 2.15. The zero-order chi connectivity index (χ0) is 15.0. The molecule has 112 valence electrons. The van der Waals surface area contributed by atoms with Gasteiger partial charge in [-0.25, -0.2) is 0 Å². The van der Waals surface area contributed by atoms with Crippen LogP contribution in [0.1, 0.15) is 20.8 Å². The molecule has 5 nitrogen and oxygen atoms in total. The summed E-state index contributed by atoms with van der Waals surface area (Å²) < 4.78 is 5.26. The number of guanidine groups is 1. The molecule has 0 aliphatic rings. The molecule has 1 aromatic rings. The maximum Gasteiger partial charge on any atom is 0.193 e. The molecular weight excluding hydrogens is 252 g/mol. The predicted molar refractivity (Wildman–Crippen MR) is 85.5 cm³/mol. The molecular formula is C15H26N4O. The number of ether oxygens (including phenoxy) is 1. The van der Waals surface area contributed by atoms with Crippen LogP contribution < -0.4 is 15.8 Å². The van der Waals surface area contributed by atoms with Gasteiger partial charge in [0.05, 0.1) is 19.3 Å². The summed E-state index contributed by atoms with van der Waals surface area (Å²) in [6.45, 7) is 9.13. The third kappa shape index (κ3) is 5.09. The highest BCUT2D eigenvalue weighted by Gasteiger charge is 2.06. The molecule has 1 rings (SSSR count). The maximum absolute atomic E-state index is 5.90. The first-order valence-corrected chi connectivity index (χ1v) is 7.02. The van der Waals surface area contributed by atoms with Crippen molar-refractivity contribution in [1.82, 2.24) is 4.90 Å². The standard InChI is InChI=1S/C15H26N4O/c1-5-19(12(2)3)11-10-17-15(16)18-13-8-6-7-9-14(13)20-4/h6-9,12H,5,10-11H2,1-4H3,(H3,16,17,18). The third-order valence-corrected chi connectivity index (χ3v) is 3.18. The van der Waals surface area contributed by atoms with Crippen molar-refractivity contribution < 1.29 is 4.74 Å². The van der Waals surface area contributed by atoms with Gasteiger partial charge in [0, 0.05) is 12.6 Å². The summed E-state index contributed by atoms with van der Waals surface area (Å²) in [6, 6.07) is 8.16. The second kappa shape index (κ2) is 8.43. The van der Waals surface area contributed by atoms with E-state index in [0.717, 1.165) is 24.5 Å². The quantitative estimate of drug-likeness (QED) is 0.592. The fourth-order valence-corrected chi connectivity index (χ4v) is 2.01. The van der Waals surface area contributed by atoms with Crippen molar-refractivity contribution in [3.8, 4) is 5.75 Å². The van der Waals surface area contributed by atoms with Crippen LogP contribution in [0.5, 0.6) is 5.75 Å². The van der Waals surface area contributed by atoms with E-state index in [4.69, 9.17) is 10.5 Å². The molecule has 0 saturated carbocycles. The van der Waals surface area contributed by atoms with Crippen LogP contribution in [0, 0.1) is 0 Å². The zero-order valence-electron chi connectivity index (χ0n) is 12.9.